The van der Waals surface area contributed by atoms with Gasteiger partial charge in [0.1, 0.15) is 17.5 Å². The summed E-state index contributed by atoms with van der Waals surface area (Å²) in [6, 6.07) is 7.36. The molecule has 1 saturated carbocycles. The van der Waals surface area contributed by atoms with Crippen molar-refractivity contribution in [3.05, 3.63) is 29.8 Å². The summed E-state index contributed by atoms with van der Waals surface area (Å²) < 4.78 is 5.25. The maximum Gasteiger partial charge on any atom is 0.151 e. The van der Waals surface area contributed by atoms with E-state index >= 15 is 0 Å². The highest BCUT2D eigenvalue weighted by molar-refractivity contribution is 6.20. The van der Waals surface area contributed by atoms with E-state index in [-0.39, 0.29) is 36.1 Å². The number of Topliss-reactive ketones (excluding diaryl/α,β-unsaturated/α-hetero) is 3. The van der Waals surface area contributed by atoms with Crippen molar-refractivity contribution in [2.75, 3.05) is 7.11 Å². The van der Waals surface area contributed by atoms with E-state index in [9.17, 15) is 14.4 Å². The molecule has 0 radical (unpaired) electrons. The number of carbonyl (C=O) groups excluding carboxylic acids is 3. The van der Waals surface area contributed by atoms with Gasteiger partial charge in [0, 0.05) is 18.8 Å². The van der Waals surface area contributed by atoms with Crippen LogP contribution in [0.2, 0.25) is 0 Å². The monoisotopic (exact) mass is 260 g/mol. The summed E-state index contributed by atoms with van der Waals surface area (Å²) in [5.41, 5.74) is 0.855. The molecule has 100 valence electrons. The van der Waals surface area contributed by atoms with E-state index in [1.54, 1.807) is 13.2 Å². The summed E-state index contributed by atoms with van der Waals surface area (Å²) in [5, 5.41) is 0. The minimum absolute atomic E-state index is 0.188. The van der Waals surface area contributed by atoms with Gasteiger partial charge in [0.15, 0.2) is 11.6 Å². The first kappa shape index (κ1) is 13.5. The molecule has 0 aliphatic heterocycles. The first-order valence-electron chi connectivity index (χ1n) is 6.23. The first-order chi connectivity index (χ1) is 9.04. The standard InChI is InChI=1S/C15H16O4/c1-9(16)15-12(17)7-10(8-13(15)18)11-5-3-4-6-14(11)19-2/h3-6,10,15H,7-8H2,1-2H3. The number of ether oxygens (including phenoxy) is 1. The third-order valence-electron chi connectivity index (χ3n) is 3.52. The molecule has 1 fully saturated rings. The quantitative estimate of drug-likeness (QED) is 0.779. The Balaban J connectivity index is 2.28. The Bertz CT molecular complexity index is 515. The van der Waals surface area contributed by atoms with E-state index in [1.165, 1.54) is 6.92 Å². The van der Waals surface area contributed by atoms with E-state index in [1.807, 2.05) is 18.2 Å². The Hall–Kier alpha value is -1.97. The molecule has 4 heteroatoms. The van der Waals surface area contributed by atoms with Crippen molar-refractivity contribution in [2.24, 2.45) is 5.92 Å². The van der Waals surface area contributed by atoms with Crippen LogP contribution in [0.15, 0.2) is 24.3 Å². The van der Waals surface area contributed by atoms with Gasteiger partial charge in [-0.25, -0.2) is 0 Å². The van der Waals surface area contributed by atoms with Gasteiger partial charge in [-0.05, 0) is 18.6 Å². The normalized spacial score (nSPS) is 23.3. The molecule has 0 aromatic heterocycles. The van der Waals surface area contributed by atoms with Crippen LogP contribution in [0, 0.1) is 5.92 Å². The maximum atomic E-state index is 11.9. The van der Waals surface area contributed by atoms with Gasteiger partial charge in [0.2, 0.25) is 0 Å². The number of methoxy groups -OCH3 is 1. The van der Waals surface area contributed by atoms with Crippen molar-refractivity contribution in [2.45, 2.75) is 25.7 Å². The van der Waals surface area contributed by atoms with Crippen LogP contribution in [0.25, 0.3) is 0 Å². The van der Waals surface area contributed by atoms with Crippen LogP contribution in [-0.2, 0) is 14.4 Å². The second-order valence-electron chi connectivity index (χ2n) is 4.82. The molecule has 0 N–H and O–H groups in total. The topological polar surface area (TPSA) is 60.4 Å². The van der Waals surface area contributed by atoms with E-state index in [0.717, 1.165) is 5.56 Å². The van der Waals surface area contributed by atoms with Crippen molar-refractivity contribution in [1.29, 1.82) is 0 Å². The molecule has 1 aromatic rings. The van der Waals surface area contributed by atoms with Crippen LogP contribution < -0.4 is 4.74 Å². The fraction of sp³-hybridized carbons (Fsp3) is 0.400. The number of ketones is 3. The fourth-order valence-corrected chi connectivity index (χ4v) is 2.65. The number of carbonyl (C=O) groups is 3. The molecule has 0 amide bonds. The van der Waals surface area contributed by atoms with Crippen molar-refractivity contribution in [1.82, 2.24) is 0 Å². The number of hydrogen-bond donors (Lipinski definition) is 0. The number of rotatable bonds is 3. The Kier molecular flexibility index (Phi) is 3.79. The highest BCUT2D eigenvalue weighted by atomic mass is 16.5. The van der Waals surface area contributed by atoms with Crippen LogP contribution >= 0.6 is 0 Å². The van der Waals surface area contributed by atoms with E-state index in [4.69, 9.17) is 4.74 Å². The van der Waals surface area contributed by atoms with Gasteiger partial charge in [-0.1, -0.05) is 18.2 Å². The lowest BCUT2D eigenvalue weighted by Crippen LogP contribution is -2.37. The highest BCUT2D eigenvalue weighted by Gasteiger charge is 2.39. The highest BCUT2D eigenvalue weighted by Crippen LogP contribution is 2.36. The summed E-state index contributed by atoms with van der Waals surface area (Å²) in [6.07, 6.45) is 0.437. The minimum atomic E-state index is -1.05. The Morgan fingerprint density at radius 3 is 2.26 bits per heavy atom. The third kappa shape index (κ3) is 2.57. The fourth-order valence-electron chi connectivity index (χ4n) is 2.65. The summed E-state index contributed by atoms with van der Waals surface area (Å²) in [5.74, 6) is -1.47. The van der Waals surface area contributed by atoms with Crippen LogP contribution in [0.5, 0.6) is 5.75 Å². The van der Waals surface area contributed by atoms with Crippen LogP contribution in [0.1, 0.15) is 31.2 Å². The predicted molar refractivity (Wildman–Crippen MR) is 69.2 cm³/mol. The van der Waals surface area contributed by atoms with Crippen LogP contribution in [-0.4, -0.2) is 24.5 Å². The summed E-state index contributed by atoms with van der Waals surface area (Å²) in [7, 11) is 1.56. The average molecular weight is 260 g/mol. The van der Waals surface area contributed by atoms with Gasteiger partial charge in [0.25, 0.3) is 0 Å². The molecule has 1 aliphatic carbocycles. The zero-order valence-corrected chi connectivity index (χ0v) is 11.0. The molecule has 2 rings (SSSR count). The molecule has 1 aromatic carbocycles. The van der Waals surface area contributed by atoms with Crippen molar-refractivity contribution >= 4 is 17.3 Å². The van der Waals surface area contributed by atoms with E-state index < -0.39 is 5.92 Å². The summed E-state index contributed by atoms with van der Waals surface area (Å²) in [4.78, 5) is 35.2. The van der Waals surface area contributed by atoms with Gasteiger partial charge in [-0.15, -0.1) is 0 Å². The molecule has 1 aliphatic rings. The molecule has 0 spiro atoms. The third-order valence-corrected chi connectivity index (χ3v) is 3.52. The molecule has 0 atom stereocenters. The average Bonchev–Trinajstić information content (AvgIpc) is 2.37. The van der Waals surface area contributed by atoms with Gasteiger partial charge >= 0.3 is 0 Å². The van der Waals surface area contributed by atoms with E-state index in [2.05, 4.69) is 0 Å². The lowest BCUT2D eigenvalue weighted by atomic mass is 9.75. The molecule has 19 heavy (non-hydrogen) atoms. The smallest absolute Gasteiger partial charge is 0.151 e. The maximum absolute atomic E-state index is 11.9. The molecule has 0 bridgehead atoms. The zero-order chi connectivity index (χ0) is 14.0. The SMILES string of the molecule is COc1ccccc1C1CC(=O)C(C(C)=O)C(=O)C1. The lowest BCUT2D eigenvalue weighted by molar-refractivity contribution is -0.141. The van der Waals surface area contributed by atoms with Crippen molar-refractivity contribution in [3.8, 4) is 5.75 Å². The Labute approximate surface area is 111 Å². The van der Waals surface area contributed by atoms with Gasteiger partial charge in [-0.2, -0.15) is 0 Å². The van der Waals surface area contributed by atoms with Crippen LogP contribution in [0.3, 0.4) is 0 Å². The Morgan fingerprint density at radius 2 is 1.74 bits per heavy atom. The molecule has 4 nitrogen and oxygen atoms in total. The van der Waals surface area contributed by atoms with Crippen molar-refractivity contribution in [3.63, 3.8) is 0 Å². The Morgan fingerprint density at radius 1 is 1.16 bits per heavy atom. The number of para-hydroxylation sites is 1. The zero-order valence-electron chi connectivity index (χ0n) is 11.0. The second-order valence-corrected chi connectivity index (χ2v) is 4.82. The van der Waals surface area contributed by atoms with Crippen molar-refractivity contribution < 1.29 is 19.1 Å². The number of benzene rings is 1. The summed E-state index contributed by atoms with van der Waals surface area (Å²) in [6.45, 7) is 1.30. The molecular formula is C15H16O4. The lowest BCUT2D eigenvalue weighted by Gasteiger charge is -2.26. The molecule has 0 heterocycles. The molecular weight excluding hydrogens is 244 g/mol. The summed E-state index contributed by atoms with van der Waals surface area (Å²) >= 11 is 0. The van der Waals surface area contributed by atoms with E-state index in [0.29, 0.717) is 5.75 Å². The number of hydrogen-bond acceptors (Lipinski definition) is 4. The second kappa shape index (κ2) is 5.34. The van der Waals surface area contributed by atoms with Gasteiger partial charge in [-0.3, -0.25) is 14.4 Å². The van der Waals surface area contributed by atoms with Crippen LogP contribution in [0.4, 0.5) is 0 Å². The largest absolute Gasteiger partial charge is 0.496 e. The molecule has 0 saturated heterocycles. The van der Waals surface area contributed by atoms with Gasteiger partial charge in [0.05, 0.1) is 7.11 Å². The first-order valence-corrected chi connectivity index (χ1v) is 6.23. The predicted octanol–water partition coefficient (Wildman–Crippen LogP) is 1.92. The minimum Gasteiger partial charge on any atom is -0.496 e. The van der Waals surface area contributed by atoms with Gasteiger partial charge < -0.3 is 4.74 Å². The molecule has 0 unspecified atom stereocenters.